The summed E-state index contributed by atoms with van der Waals surface area (Å²) in [4.78, 5) is 11.5. The molecule has 0 N–H and O–H groups in total. The monoisotopic (exact) mass is 184 g/mol. The van der Waals surface area contributed by atoms with Crippen LogP contribution in [0.25, 0.3) is 5.57 Å². The number of carbonyl (C=O) groups is 1. The van der Waals surface area contributed by atoms with Crippen LogP contribution in [0.15, 0.2) is 43.0 Å². The molecule has 1 nitrogen and oxygen atoms in total. The second kappa shape index (κ2) is 3.62. The minimum Gasteiger partial charge on any atom is -0.289 e. The van der Waals surface area contributed by atoms with Crippen molar-refractivity contribution < 1.29 is 4.79 Å². The average molecular weight is 184 g/mol. The number of fused-ring (bicyclic) bond motifs is 1. The summed E-state index contributed by atoms with van der Waals surface area (Å²) in [5.74, 6) is 0.0251. The van der Waals surface area contributed by atoms with Crippen molar-refractivity contribution in [1.29, 1.82) is 0 Å². The van der Waals surface area contributed by atoms with Crippen molar-refractivity contribution in [1.82, 2.24) is 0 Å². The van der Waals surface area contributed by atoms with Crippen molar-refractivity contribution in [3.63, 3.8) is 0 Å². The normalized spacial score (nSPS) is 14.1. The molecule has 0 unspecified atom stereocenters. The number of ketones is 1. The van der Waals surface area contributed by atoms with Crippen LogP contribution in [0.5, 0.6) is 0 Å². The van der Waals surface area contributed by atoms with Crippen LogP contribution >= 0.6 is 0 Å². The number of hydrogen-bond donors (Lipinski definition) is 0. The summed E-state index contributed by atoms with van der Waals surface area (Å²) in [5, 5.41) is 0. The standard InChI is InChI=1S/C13H12O/c1-2-13(14)12-9-5-7-10-6-3-4-8-11(10)12/h2-4,6,8-9H,1,5,7H2. The maximum absolute atomic E-state index is 11.5. The molecule has 0 saturated heterocycles. The van der Waals surface area contributed by atoms with Gasteiger partial charge in [0.05, 0.1) is 0 Å². The van der Waals surface area contributed by atoms with E-state index in [0.717, 1.165) is 24.0 Å². The molecule has 1 heteroatoms. The quantitative estimate of drug-likeness (QED) is 0.646. The number of aryl methyl sites for hydroxylation is 1. The average Bonchev–Trinajstić information content (AvgIpc) is 2.27. The van der Waals surface area contributed by atoms with Gasteiger partial charge >= 0.3 is 0 Å². The van der Waals surface area contributed by atoms with Crippen molar-refractivity contribution in [2.75, 3.05) is 0 Å². The van der Waals surface area contributed by atoms with Gasteiger partial charge in [0.1, 0.15) is 0 Å². The maximum Gasteiger partial charge on any atom is 0.185 e. The maximum atomic E-state index is 11.5. The van der Waals surface area contributed by atoms with Gasteiger partial charge in [0, 0.05) is 5.57 Å². The molecule has 0 radical (unpaired) electrons. The number of allylic oxidation sites excluding steroid dienone is 3. The van der Waals surface area contributed by atoms with Gasteiger partial charge in [-0.1, -0.05) is 36.9 Å². The molecule has 1 aromatic rings. The molecule has 2 rings (SSSR count). The Labute approximate surface area is 83.8 Å². The highest BCUT2D eigenvalue weighted by Gasteiger charge is 2.15. The first-order chi connectivity index (χ1) is 6.83. The zero-order chi connectivity index (χ0) is 9.97. The van der Waals surface area contributed by atoms with E-state index in [1.54, 1.807) is 0 Å². The lowest BCUT2D eigenvalue weighted by Gasteiger charge is -2.15. The van der Waals surface area contributed by atoms with Crippen molar-refractivity contribution in [2.45, 2.75) is 12.8 Å². The zero-order valence-corrected chi connectivity index (χ0v) is 7.99. The molecule has 1 aliphatic carbocycles. The molecular formula is C13H12O. The van der Waals surface area contributed by atoms with E-state index in [1.165, 1.54) is 11.6 Å². The van der Waals surface area contributed by atoms with Gasteiger partial charge in [-0.25, -0.2) is 0 Å². The van der Waals surface area contributed by atoms with Crippen LogP contribution in [0, 0.1) is 0 Å². The van der Waals surface area contributed by atoms with Crippen LogP contribution in [0.2, 0.25) is 0 Å². The highest BCUT2D eigenvalue weighted by molar-refractivity contribution is 6.26. The molecule has 0 heterocycles. The lowest BCUT2D eigenvalue weighted by atomic mass is 9.89. The smallest absolute Gasteiger partial charge is 0.185 e. The van der Waals surface area contributed by atoms with Crippen molar-refractivity contribution in [2.24, 2.45) is 0 Å². The fourth-order valence-corrected chi connectivity index (χ4v) is 1.83. The molecule has 0 atom stereocenters. The van der Waals surface area contributed by atoms with Crippen LogP contribution < -0.4 is 0 Å². The molecule has 1 aliphatic rings. The molecule has 0 bridgehead atoms. The Morgan fingerprint density at radius 1 is 1.36 bits per heavy atom. The van der Waals surface area contributed by atoms with E-state index >= 15 is 0 Å². The van der Waals surface area contributed by atoms with Gasteiger partial charge in [-0.3, -0.25) is 4.79 Å². The van der Waals surface area contributed by atoms with Crippen LogP contribution in [-0.2, 0) is 11.2 Å². The second-order valence-corrected chi connectivity index (χ2v) is 3.38. The summed E-state index contributed by atoms with van der Waals surface area (Å²) in [6.45, 7) is 3.52. The van der Waals surface area contributed by atoms with E-state index < -0.39 is 0 Å². The Balaban J connectivity index is 2.50. The molecule has 1 aromatic carbocycles. The van der Waals surface area contributed by atoms with E-state index in [9.17, 15) is 4.79 Å². The van der Waals surface area contributed by atoms with Gasteiger partial charge in [0.15, 0.2) is 5.78 Å². The van der Waals surface area contributed by atoms with Gasteiger partial charge in [0.2, 0.25) is 0 Å². The van der Waals surface area contributed by atoms with Crippen LogP contribution in [0.1, 0.15) is 17.5 Å². The molecule has 70 valence electrons. The van der Waals surface area contributed by atoms with Gasteiger partial charge in [-0.15, -0.1) is 0 Å². The Bertz CT molecular complexity index is 413. The molecule has 0 fully saturated rings. The highest BCUT2D eigenvalue weighted by atomic mass is 16.1. The van der Waals surface area contributed by atoms with Crippen molar-refractivity contribution in [3.05, 3.63) is 54.1 Å². The highest BCUT2D eigenvalue weighted by Crippen LogP contribution is 2.26. The van der Waals surface area contributed by atoms with Crippen LogP contribution in [0.4, 0.5) is 0 Å². The largest absolute Gasteiger partial charge is 0.289 e. The van der Waals surface area contributed by atoms with E-state index in [4.69, 9.17) is 0 Å². The van der Waals surface area contributed by atoms with E-state index in [2.05, 4.69) is 12.6 Å². The lowest BCUT2D eigenvalue weighted by Crippen LogP contribution is -2.05. The number of rotatable bonds is 2. The first-order valence-corrected chi connectivity index (χ1v) is 4.78. The topological polar surface area (TPSA) is 17.1 Å². The third-order valence-corrected chi connectivity index (χ3v) is 2.52. The van der Waals surface area contributed by atoms with Gasteiger partial charge in [0.25, 0.3) is 0 Å². The van der Waals surface area contributed by atoms with Gasteiger partial charge in [-0.2, -0.15) is 0 Å². The summed E-state index contributed by atoms with van der Waals surface area (Å²) in [6.07, 6.45) is 5.37. The third kappa shape index (κ3) is 1.41. The fraction of sp³-hybridized carbons (Fsp3) is 0.154. The van der Waals surface area contributed by atoms with E-state index in [0.29, 0.717) is 0 Å². The number of carbonyl (C=O) groups excluding carboxylic acids is 1. The predicted molar refractivity (Wildman–Crippen MR) is 57.9 cm³/mol. The number of hydrogen-bond acceptors (Lipinski definition) is 1. The molecule has 0 amide bonds. The summed E-state index contributed by atoms with van der Waals surface area (Å²) in [5.41, 5.74) is 3.14. The molecule has 0 spiro atoms. The lowest BCUT2D eigenvalue weighted by molar-refractivity contribution is -0.109. The minimum atomic E-state index is 0.0251. The van der Waals surface area contributed by atoms with Crippen molar-refractivity contribution in [3.8, 4) is 0 Å². The minimum absolute atomic E-state index is 0.0251. The Kier molecular flexibility index (Phi) is 2.32. The predicted octanol–water partition coefficient (Wildman–Crippen LogP) is 2.77. The summed E-state index contributed by atoms with van der Waals surface area (Å²) < 4.78 is 0. The van der Waals surface area contributed by atoms with E-state index in [-0.39, 0.29) is 5.78 Å². The SMILES string of the molecule is C=CC(=O)C1=CCCc2ccccc21. The zero-order valence-electron chi connectivity index (χ0n) is 7.99. The number of benzene rings is 1. The first-order valence-electron chi connectivity index (χ1n) is 4.78. The molecular weight excluding hydrogens is 172 g/mol. The summed E-state index contributed by atoms with van der Waals surface area (Å²) in [7, 11) is 0. The summed E-state index contributed by atoms with van der Waals surface area (Å²) in [6, 6.07) is 8.06. The van der Waals surface area contributed by atoms with Crippen molar-refractivity contribution >= 4 is 11.4 Å². The van der Waals surface area contributed by atoms with Crippen LogP contribution in [-0.4, -0.2) is 5.78 Å². The van der Waals surface area contributed by atoms with Crippen LogP contribution in [0.3, 0.4) is 0 Å². The Morgan fingerprint density at radius 2 is 2.14 bits per heavy atom. The molecule has 0 aromatic heterocycles. The Morgan fingerprint density at radius 3 is 2.93 bits per heavy atom. The fourth-order valence-electron chi connectivity index (χ4n) is 1.83. The third-order valence-electron chi connectivity index (χ3n) is 2.52. The molecule has 0 aliphatic heterocycles. The van der Waals surface area contributed by atoms with Gasteiger partial charge in [-0.05, 0) is 30.0 Å². The van der Waals surface area contributed by atoms with Gasteiger partial charge < -0.3 is 0 Å². The second-order valence-electron chi connectivity index (χ2n) is 3.38. The summed E-state index contributed by atoms with van der Waals surface area (Å²) >= 11 is 0. The molecule has 14 heavy (non-hydrogen) atoms. The molecule has 0 saturated carbocycles. The Hall–Kier alpha value is -1.63. The van der Waals surface area contributed by atoms with E-state index in [1.807, 2.05) is 24.3 Å². The first kappa shape index (κ1) is 8.95.